The largest absolute Gasteiger partial charge is 0.393 e. The summed E-state index contributed by atoms with van der Waals surface area (Å²) in [4.78, 5) is 10.7. The number of hydrogen-bond donors (Lipinski definition) is 3. The van der Waals surface area contributed by atoms with Crippen LogP contribution in [0.4, 0.5) is 21.2 Å². The molecule has 1 atom stereocenters. The number of nitrogens with two attached hydrogens (primary N) is 1. The standard InChI is InChI=1S/C19H26FN5O3S/c1-19(2,3)18-23-16(15(21)17(24-18)25-9-8-13(26)11-25)22-10-12-6-4-5-7-14(12)29(20,27)28/h4-7,13,26H,8-11,21H2,1-3H3,(H,22,23,24). The van der Waals surface area contributed by atoms with Crippen LogP contribution in [-0.2, 0) is 22.2 Å². The molecule has 1 fully saturated rings. The van der Waals surface area contributed by atoms with E-state index in [9.17, 15) is 17.4 Å². The third-order valence-electron chi connectivity index (χ3n) is 4.74. The van der Waals surface area contributed by atoms with Gasteiger partial charge < -0.3 is 21.1 Å². The summed E-state index contributed by atoms with van der Waals surface area (Å²) in [5.41, 5.74) is 6.51. The maximum Gasteiger partial charge on any atom is 0.332 e. The summed E-state index contributed by atoms with van der Waals surface area (Å²) in [6, 6.07) is 5.84. The van der Waals surface area contributed by atoms with Gasteiger partial charge in [0, 0.05) is 25.0 Å². The first-order valence-electron chi connectivity index (χ1n) is 9.34. The van der Waals surface area contributed by atoms with Crippen LogP contribution in [0.15, 0.2) is 29.2 Å². The van der Waals surface area contributed by atoms with E-state index in [-0.39, 0.29) is 22.4 Å². The van der Waals surface area contributed by atoms with Crippen molar-refractivity contribution < 1.29 is 17.4 Å². The van der Waals surface area contributed by atoms with E-state index in [1.54, 1.807) is 6.07 Å². The fourth-order valence-corrected chi connectivity index (χ4v) is 3.86. The lowest BCUT2D eigenvalue weighted by molar-refractivity contribution is 0.198. The second kappa shape index (κ2) is 7.75. The van der Waals surface area contributed by atoms with Crippen molar-refractivity contribution in [1.82, 2.24) is 9.97 Å². The number of anilines is 3. The Morgan fingerprint density at radius 2 is 2.00 bits per heavy atom. The fraction of sp³-hybridized carbons (Fsp3) is 0.474. The van der Waals surface area contributed by atoms with Crippen molar-refractivity contribution in [3.05, 3.63) is 35.7 Å². The van der Waals surface area contributed by atoms with Crippen molar-refractivity contribution in [3.63, 3.8) is 0 Å². The molecule has 0 aliphatic carbocycles. The molecule has 1 aromatic carbocycles. The van der Waals surface area contributed by atoms with E-state index in [1.165, 1.54) is 18.2 Å². The molecule has 1 aromatic heterocycles. The smallest absolute Gasteiger partial charge is 0.332 e. The molecule has 8 nitrogen and oxygen atoms in total. The third kappa shape index (κ3) is 4.76. The number of nitrogen functional groups attached to an aromatic ring is 1. The minimum absolute atomic E-state index is 0.0200. The van der Waals surface area contributed by atoms with E-state index in [1.807, 2.05) is 25.7 Å². The molecular weight excluding hydrogens is 397 g/mol. The molecule has 2 aromatic rings. The monoisotopic (exact) mass is 423 g/mol. The molecule has 1 aliphatic rings. The minimum Gasteiger partial charge on any atom is -0.393 e. The maximum absolute atomic E-state index is 13.6. The van der Waals surface area contributed by atoms with Crippen molar-refractivity contribution in [2.24, 2.45) is 0 Å². The zero-order valence-corrected chi connectivity index (χ0v) is 17.5. The van der Waals surface area contributed by atoms with Gasteiger partial charge in [0.15, 0.2) is 11.6 Å². The lowest BCUT2D eigenvalue weighted by Crippen LogP contribution is -2.27. The highest BCUT2D eigenvalue weighted by molar-refractivity contribution is 7.86. The summed E-state index contributed by atoms with van der Waals surface area (Å²) in [6.07, 6.45) is 0.180. The number of aliphatic hydroxyl groups excluding tert-OH is 1. The van der Waals surface area contributed by atoms with E-state index < -0.39 is 16.3 Å². The fourth-order valence-electron chi connectivity index (χ4n) is 3.17. The van der Waals surface area contributed by atoms with Gasteiger partial charge in [0.2, 0.25) is 0 Å². The Labute approximate surface area is 170 Å². The topological polar surface area (TPSA) is 121 Å². The molecule has 0 spiro atoms. The third-order valence-corrected chi connectivity index (χ3v) is 5.66. The molecule has 1 saturated heterocycles. The number of benzene rings is 1. The lowest BCUT2D eigenvalue weighted by Gasteiger charge is -2.25. The Hall–Kier alpha value is -2.46. The van der Waals surface area contributed by atoms with Gasteiger partial charge in [-0.15, -0.1) is 3.89 Å². The van der Waals surface area contributed by atoms with Gasteiger partial charge in [-0.1, -0.05) is 39.0 Å². The van der Waals surface area contributed by atoms with Gasteiger partial charge in [-0.2, -0.15) is 8.42 Å². The summed E-state index contributed by atoms with van der Waals surface area (Å²) < 4.78 is 36.4. The van der Waals surface area contributed by atoms with Gasteiger partial charge in [-0.05, 0) is 18.1 Å². The predicted molar refractivity (Wildman–Crippen MR) is 110 cm³/mol. The first-order valence-corrected chi connectivity index (χ1v) is 10.7. The van der Waals surface area contributed by atoms with Crippen LogP contribution in [0.1, 0.15) is 38.6 Å². The quantitative estimate of drug-likeness (QED) is 0.626. The molecule has 0 amide bonds. The minimum atomic E-state index is -4.85. The van der Waals surface area contributed by atoms with Crippen molar-refractivity contribution in [2.75, 3.05) is 29.0 Å². The molecule has 1 unspecified atom stereocenters. The average Bonchev–Trinajstić information content (AvgIpc) is 3.05. The first kappa shape index (κ1) is 21.3. The van der Waals surface area contributed by atoms with Crippen molar-refractivity contribution in [2.45, 2.75) is 50.2 Å². The molecule has 2 heterocycles. The van der Waals surface area contributed by atoms with Gasteiger partial charge in [0.1, 0.15) is 16.4 Å². The molecule has 0 radical (unpaired) electrons. The first-order chi connectivity index (χ1) is 13.5. The number of hydrogen-bond acceptors (Lipinski definition) is 8. The van der Waals surface area contributed by atoms with Gasteiger partial charge >= 0.3 is 10.2 Å². The molecule has 1 aliphatic heterocycles. The van der Waals surface area contributed by atoms with Crippen LogP contribution >= 0.6 is 0 Å². The van der Waals surface area contributed by atoms with Crippen LogP contribution in [-0.4, -0.2) is 42.7 Å². The summed E-state index contributed by atoms with van der Waals surface area (Å²) in [5.74, 6) is 1.42. The number of halogens is 1. The van der Waals surface area contributed by atoms with Crippen LogP contribution in [0, 0.1) is 0 Å². The van der Waals surface area contributed by atoms with E-state index in [2.05, 4.69) is 15.3 Å². The SMILES string of the molecule is CC(C)(C)c1nc(NCc2ccccc2S(=O)(=O)F)c(N)c(N2CCC(O)C2)n1. The highest BCUT2D eigenvalue weighted by Gasteiger charge is 2.28. The molecule has 29 heavy (non-hydrogen) atoms. The van der Waals surface area contributed by atoms with Gasteiger partial charge in [0.25, 0.3) is 0 Å². The number of rotatable bonds is 5. The Bertz CT molecular complexity index is 1010. The maximum atomic E-state index is 13.6. The van der Waals surface area contributed by atoms with Crippen molar-refractivity contribution >= 4 is 27.5 Å². The Balaban J connectivity index is 1.97. The zero-order valence-electron chi connectivity index (χ0n) is 16.7. The van der Waals surface area contributed by atoms with E-state index in [0.717, 1.165) is 0 Å². The number of nitrogens with one attached hydrogen (secondary N) is 1. The van der Waals surface area contributed by atoms with Crippen LogP contribution < -0.4 is 16.0 Å². The lowest BCUT2D eigenvalue weighted by atomic mass is 9.95. The number of aliphatic hydroxyl groups is 1. The van der Waals surface area contributed by atoms with Crippen LogP contribution in [0.2, 0.25) is 0 Å². The number of nitrogens with zero attached hydrogens (tertiary/aromatic N) is 3. The summed E-state index contributed by atoms with van der Waals surface area (Å²) >= 11 is 0. The van der Waals surface area contributed by atoms with Crippen LogP contribution in [0.5, 0.6) is 0 Å². The number of β-amino-alcohol motifs (C(OH)–C–C–N with tert-alkyl or cyclic N) is 1. The van der Waals surface area contributed by atoms with Gasteiger partial charge in [-0.25, -0.2) is 9.97 Å². The van der Waals surface area contributed by atoms with Gasteiger partial charge in [-0.3, -0.25) is 0 Å². The highest BCUT2D eigenvalue weighted by Crippen LogP contribution is 2.33. The average molecular weight is 424 g/mol. The number of aromatic nitrogens is 2. The molecule has 0 saturated carbocycles. The normalized spacial score (nSPS) is 17.6. The summed E-state index contributed by atoms with van der Waals surface area (Å²) in [6.45, 7) is 6.97. The van der Waals surface area contributed by atoms with Crippen LogP contribution in [0.3, 0.4) is 0 Å². The second-order valence-corrected chi connectivity index (χ2v) is 9.49. The molecule has 0 bridgehead atoms. The molecule has 10 heteroatoms. The Morgan fingerprint density at radius 1 is 1.31 bits per heavy atom. The second-order valence-electron chi connectivity index (χ2n) is 8.17. The van der Waals surface area contributed by atoms with E-state index >= 15 is 0 Å². The van der Waals surface area contributed by atoms with Crippen molar-refractivity contribution in [1.29, 1.82) is 0 Å². The van der Waals surface area contributed by atoms with Gasteiger partial charge in [0.05, 0.1) is 6.10 Å². The summed E-state index contributed by atoms with van der Waals surface area (Å²) in [5, 5.41) is 12.9. The van der Waals surface area contributed by atoms with Crippen molar-refractivity contribution in [3.8, 4) is 0 Å². The Morgan fingerprint density at radius 3 is 2.59 bits per heavy atom. The van der Waals surface area contributed by atoms with Crippen LogP contribution in [0.25, 0.3) is 0 Å². The Kier molecular flexibility index (Phi) is 5.68. The molecule has 158 valence electrons. The molecule has 3 rings (SSSR count). The van der Waals surface area contributed by atoms with E-state index in [4.69, 9.17) is 5.73 Å². The van der Waals surface area contributed by atoms with E-state index in [0.29, 0.717) is 42.7 Å². The zero-order chi connectivity index (χ0) is 21.4. The molecular formula is C19H26FN5O3S. The highest BCUT2D eigenvalue weighted by atomic mass is 32.3. The predicted octanol–water partition coefficient (Wildman–Crippen LogP) is 2.20. The molecule has 4 N–H and O–H groups in total. The summed E-state index contributed by atoms with van der Waals surface area (Å²) in [7, 11) is -4.85.